The fraction of sp³-hybridized carbons (Fsp3) is 0.357. The Kier molecular flexibility index (Phi) is 4.11. The molecule has 0 aliphatic carbocycles. The van der Waals surface area contributed by atoms with Crippen molar-refractivity contribution >= 4 is 29.0 Å². The second-order valence-electron chi connectivity index (χ2n) is 5.24. The molecule has 112 valence electrons. The van der Waals surface area contributed by atoms with Gasteiger partial charge < -0.3 is 21.2 Å². The summed E-state index contributed by atoms with van der Waals surface area (Å²) in [4.78, 5) is 25.9. The second-order valence-corrected chi connectivity index (χ2v) is 5.24. The zero-order chi connectivity index (χ0) is 15.6. The molecule has 1 aliphatic heterocycles. The van der Waals surface area contributed by atoms with Crippen molar-refractivity contribution in [2.75, 3.05) is 16.8 Å². The number of anilines is 2. The molecule has 1 aromatic carbocycles. The van der Waals surface area contributed by atoms with Gasteiger partial charge in [-0.25, -0.2) is 0 Å². The molecule has 7 nitrogen and oxygen atoms in total. The van der Waals surface area contributed by atoms with Gasteiger partial charge in [0.25, 0.3) is 0 Å². The van der Waals surface area contributed by atoms with Crippen LogP contribution in [0.4, 0.5) is 11.4 Å². The first-order chi connectivity index (χ1) is 9.95. The summed E-state index contributed by atoms with van der Waals surface area (Å²) in [6.45, 7) is 3.52. The molecular weight excluding hydrogens is 272 g/mol. The first-order valence-electron chi connectivity index (χ1n) is 6.63. The first-order valence-corrected chi connectivity index (χ1v) is 6.63. The van der Waals surface area contributed by atoms with Gasteiger partial charge in [-0.05, 0) is 18.1 Å². The molecule has 1 atom stereocenters. The van der Waals surface area contributed by atoms with Gasteiger partial charge in [0, 0.05) is 0 Å². The fourth-order valence-electron chi connectivity index (χ4n) is 2.41. The number of hydrogen-bond acceptors (Lipinski definition) is 4. The Labute approximate surface area is 122 Å². The predicted molar refractivity (Wildman–Crippen MR) is 79.2 cm³/mol. The average Bonchev–Trinajstić information content (AvgIpc) is 2.45. The van der Waals surface area contributed by atoms with E-state index >= 15 is 0 Å². The molecule has 1 heterocycles. The van der Waals surface area contributed by atoms with E-state index in [2.05, 4.69) is 10.5 Å². The van der Waals surface area contributed by atoms with E-state index in [1.807, 2.05) is 0 Å². The van der Waals surface area contributed by atoms with E-state index in [4.69, 9.17) is 10.9 Å². The summed E-state index contributed by atoms with van der Waals surface area (Å²) in [7, 11) is 0. The van der Waals surface area contributed by atoms with Crippen LogP contribution in [-0.2, 0) is 9.59 Å². The van der Waals surface area contributed by atoms with Crippen LogP contribution >= 0.6 is 0 Å². The summed E-state index contributed by atoms with van der Waals surface area (Å²) >= 11 is 0. The molecule has 4 N–H and O–H groups in total. The van der Waals surface area contributed by atoms with Crippen molar-refractivity contribution in [3.05, 3.63) is 24.3 Å². The van der Waals surface area contributed by atoms with E-state index in [1.54, 1.807) is 38.1 Å². The maximum Gasteiger partial charge on any atom is 0.244 e. The quantitative estimate of drug-likeness (QED) is 0.334. The highest BCUT2D eigenvalue weighted by atomic mass is 16.4. The molecule has 2 rings (SSSR count). The highest BCUT2D eigenvalue weighted by Gasteiger charge is 2.35. The van der Waals surface area contributed by atoms with Gasteiger partial charge in [0.05, 0.1) is 11.4 Å². The summed E-state index contributed by atoms with van der Waals surface area (Å²) in [6.07, 6.45) is 0. The molecule has 0 spiro atoms. The number of carbonyl (C=O) groups is 2. The lowest BCUT2D eigenvalue weighted by Gasteiger charge is -2.32. The number of benzene rings is 1. The number of nitrogens with two attached hydrogens (primary N) is 1. The van der Waals surface area contributed by atoms with Gasteiger partial charge in [-0.3, -0.25) is 9.59 Å². The van der Waals surface area contributed by atoms with Crippen LogP contribution in [0.15, 0.2) is 29.4 Å². The summed E-state index contributed by atoms with van der Waals surface area (Å²) < 4.78 is 0. The van der Waals surface area contributed by atoms with Crippen LogP contribution in [0.25, 0.3) is 0 Å². The van der Waals surface area contributed by atoms with Crippen LogP contribution in [0, 0.1) is 11.8 Å². The smallest absolute Gasteiger partial charge is 0.244 e. The van der Waals surface area contributed by atoms with E-state index in [9.17, 15) is 9.59 Å². The molecule has 0 saturated carbocycles. The highest BCUT2D eigenvalue weighted by molar-refractivity contribution is 6.15. The number of para-hydroxylation sites is 2. The molecule has 0 fully saturated rings. The second kappa shape index (κ2) is 5.82. The van der Waals surface area contributed by atoms with Gasteiger partial charge in [-0.2, -0.15) is 0 Å². The van der Waals surface area contributed by atoms with Gasteiger partial charge in [0.2, 0.25) is 11.8 Å². The number of oxime groups is 1. The third-order valence-corrected chi connectivity index (χ3v) is 3.40. The SMILES string of the molecule is CC(C)C(C(=O)N1CC(=O)Nc2ccccc21)C(N)=NO. The van der Waals surface area contributed by atoms with Crippen molar-refractivity contribution in [2.45, 2.75) is 13.8 Å². The van der Waals surface area contributed by atoms with Crippen molar-refractivity contribution in [1.82, 2.24) is 0 Å². The number of rotatable bonds is 3. The van der Waals surface area contributed by atoms with Crippen LogP contribution in [0.2, 0.25) is 0 Å². The highest BCUT2D eigenvalue weighted by Crippen LogP contribution is 2.31. The van der Waals surface area contributed by atoms with Crippen LogP contribution in [0.1, 0.15) is 13.8 Å². The number of amides is 2. The van der Waals surface area contributed by atoms with Crippen molar-refractivity contribution < 1.29 is 14.8 Å². The molecule has 0 saturated heterocycles. The van der Waals surface area contributed by atoms with E-state index < -0.39 is 5.92 Å². The Bertz CT molecular complexity index is 598. The van der Waals surface area contributed by atoms with E-state index in [-0.39, 0.29) is 30.1 Å². The Morgan fingerprint density at radius 1 is 1.43 bits per heavy atom. The third-order valence-electron chi connectivity index (χ3n) is 3.40. The minimum atomic E-state index is -0.783. The number of hydrogen-bond donors (Lipinski definition) is 3. The summed E-state index contributed by atoms with van der Waals surface area (Å²) in [5, 5.41) is 14.5. The summed E-state index contributed by atoms with van der Waals surface area (Å²) in [5.74, 6) is -1.73. The predicted octanol–water partition coefficient (Wildman–Crippen LogP) is 0.990. The number of nitrogens with zero attached hydrogens (tertiary/aromatic N) is 2. The van der Waals surface area contributed by atoms with Gasteiger partial charge in [-0.1, -0.05) is 31.1 Å². The third kappa shape index (κ3) is 2.81. The van der Waals surface area contributed by atoms with Crippen molar-refractivity contribution in [3.63, 3.8) is 0 Å². The molecule has 1 aliphatic rings. The Morgan fingerprint density at radius 2 is 2.10 bits per heavy atom. The lowest BCUT2D eigenvalue weighted by Crippen LogP contribution is -2.49. The average molecular weight is 290 g/mol. The van der Waals surface area contributed by atoms with Crippen molar-refractivity contribution in [1.29, 1.82) is 0 Å². The molecule has 2 amide bonds. The molecular formula is C14H18N4O3. The van der Waals surface area contributed by atoms with E-state index in [0.29, 0.717) is 11.4 Å². The molecule has 1 aromatic rings. The molecule has 21 heavy (non-hydrogen) atoms. The summed E-state index contributed by atoms with van der Waals surface area (Å²) in [6, 6.07) is 7.03. The Hall–Kier alpha value is -2.57. The first kappa shape index (κ1) is 14.8. The minimum absolute atomic E-state index is 0.0855. The molecule has 0 bridgehead atoms. The van der Waals surface area contributed by atoms with Crippen LogP contribution in [-0.4, -0.2) is 29.4 Å². The lowest BCUT2D eigenvalue weighted by molar-refractivity contribution is -0.124. The van der Waals surface area contributed by atoms with Crippen LogP contribution in [0.3, 0.4) is 0 Å². The van der Waals surface area contributed by atoms with E-state index in [0.717, 1.165) is 0 Å². The van der Waals surface area contributed by atoms with Crippen molar-refractivity contribution in [2.24, 2.45) is 22.7 Å². The number of amidine groups is 1. The normalized spacial score (nSPS) is 16.4. The van der Waals surface area contributed by atoms with Crippen LogP contribution < -0.4 is 16.0 Å². The molecule has 7 heteroatoms. The molecule has 0 aromatic heterocycles. The number of nitrogens with one attached hydrogen (secondary N) is 1. The van der Waals surface area contributed by atoms with Gasteiger partial charge >= 0.3 is 0 Å². The Morgan fingerprint density at radius 3 is 2.71 bits per heavy atom. The molecule has 0 radical (unpaired) electrons. The Balaban J connectivity index is 2.41. The maximum atomic E-state index is 12.7. The van der Waals surface area contributed by atoms with Crippen LogP contribution in [0.5, 0.6) is 0 Å². The number of carbonyl (C=O) groups excluding carboxylic acids is 2. The van der Waals surface area contributed by atoms with Crippen molar-refractivity contribution in [3.8, 4) is 0 Å². The monoisotopic (exact) mass is 290 g/mol. The lowest BCUT2D eigenvalue weighted by atomic mass is 9.92. The summed E-state index contributed by atoms with van der Waals surface area (Å²) in [5.41, 5.74) is 6.82. The van der Waals surface area contributed by atoms with Gasteiger partial charge in [-0.15, -0.1) is 0 Å². The molecule has 1 unspecified atom stereocenters. The van der Waals surface area contributed by atoms with Gasteiger partial charge in [0.1, 0.15) is 12.5 Å². The fourth-order valence-corrected chi connectivity index (χ4v) is 2.41. The van der Waals surface area contributed by atoms with E-state index in [1.165, 1.54) is 4.90 Å². The largest absolute Gasteiger partial charge is 0.409 e. The zero-order valence-electron chi connectivity index (χ0n) is 11.9. The maximum absolute atomic E-state index is 12.7. The zero-order valence-corrected chi connectivity index (χ0v) is 11.9. The minimum Gasteiger partial charge on any atom is -0.409 e. The number of fused-ring (bicyclic) bond motifs is 1. The standard InChI is InChI=1S/C14H18N4O3/c1-8(2)12(13(15)17-21)14(20)18-7-11(19)16-9-5-3-4-6-10(9)18/h3-6,8,12,21H,7H2,1-2H3,(H2,15,17)(H,16,19). The van der Waals surface area contributed by atoms with Gasteiger partial charge in [0.15, 0.2) is 5.84 Å². The topological polar surface area (TPSA) is 108 Å².